The van der Waals surface area contributed by atoms with Crippen LogP contribution >= 0.6 is 27.3 Å². The summed E-state index contributed by atoms with van der Waals surface area (Å²) < 4.78 is 1.23. The van der Waals surface area contributed by atoms with E-state index in [4.69, 9.17) is 5.73 Å². The van der Waals surface area contributed by atoms with Crippen LogP contribution in [0.15, 0.2) is 10.5 Å². The minimum absolute atomic E-state index is 0.399. The zero-order valence-electron chi connectivity index (χ0n) is 12.9. The summed E-state index contributed by atoms with van der Waals surface area (Å²) in [5, 5.41) is 0. The second-order valence-corrected chi connectivity index (χ2v) is 8.42. The average Bonchev–Trinajstić information content (AvgIpc) is 2.63. The van der Waals surface area contributed by atoms with E-state index in [1.165, 1.54) is 46.6 Å². The largest absolute Gasteiger partial charge is 0.329 e. The van der Waals surface area contributed by atoms with Gasteiger partial charge in [0.1, 0.15) is 0 Å². The molecule has 0 bridgehead atoms. The molecule has 2 atom stereocenters. The highest BCUT2D eigenvalue weighted by Gasteiger charge is 2.25. The van der Waals surface area contributed by atoms with Gasteiger partial charge in [0.05, 0.1) is 6.04 Å². The minimum atomic E-state index is 0.399. The lowest BCUT2D eigenvalue weighted by Gasteiger charge is -2.29. The van der Waals surface area contributed by atoms with Gasteiger partial charge >= 0.3 is 0 Å². The number of rotatable bonds is 4. The lowest BCUT2D eigenvalue weighted by Crippen LogP contribution is -2.34. The summed E-state index contributed by atoms with van der Waals surface area (Å²) in [7, 11) is 0. The normalized spacial score (nSPS) is 23.0. The molecule has 2 unspecified atom stereocenters. The molecule has 2 nitrogen and oxygen atoms in total. The standard InChI is InChI=1S/C16H27BrN2S/c1-11(2)13-5-4-7-19(8-6-13)15(10-18)16-9-14(17)12(3)20-16/h9,11,13,15H,4-8,10,18H2,1-3H3. The van der Waals surface area contributed by atoms with Crippen LogP contribution in [-0.4, -0.2) is 24.5 Å². The van der Waals surface area contributed by atoms with E-state index in [9.17, 15) is 0 Å². The van der Waals surface area contributed by atoms with Crippen LogP contribution in [0.3, 0.4) is 0 Å². The van der Waals surface area contributed by atoms with Crippen LogP contribution in [0.25, 0.3) is 0 Å². The number of nitrogens with zero attached hydrogens (tertiary/aromatic N) is 1. The molecule has 1 aliphatic rings. The molecule has 1 aromatic heterocycles. The van der Waals surface area contributed by atoms with E-state index in [2.05, 4.69) is 47.7 Å². The number of thiophene rings is 1. The number of nitrogens with two attached hydrogens (primary N) is 1. The smallest absolute Gasteiger partial charge is 0.0564 e. The summed E-state index contributed by atoms with van der Waals surface area (Å²) in [5.74, 6) is 1.69. The maximum atomic E-state index is 6.09. The highest BCUT2D eigenvalue weighted by molar-refractivity contribution is 9.10. The molecule has 0 spiro atoms. The molecular weight excluding hydrogens is 332 g/mol. The van der Waals surface area contributed by atoms with Gasteiger partial charge in [0.25, 0.3) is 0 Å². The molecule has 4 heteroatoms. The maximum Gasteiger partial charge on any atom is 0.0564 e. The molecule has 0 saturated carbocycles. The Morgan fingerprint density at radius 1 is 1.40 bits per heavy atom. The summed E-state index contributed by atoms with van der Waals surface area (Å²) in [4.78, 5) is 5.38. The highest BCUT2D eigenvalue weighted by atomic mass is 79.9. The van der Waals surface area contributed by atoms with Gasteiger partial charge in [-0.25, -0.2) is 0 Å². The van der Waals surface area contributed by atoms with E-state index in [1.807, 2.05) is 11.3 Å². The minimum Gasteiger partial charge on any atom is -0.329 e. The molecule has 2 heterocycles. The fourth-order valence-electron chi connectivity index (χ4n) is 3.21. The summed E-state index contributed by atoms with van der Waals surface area (Å²) in [6, 6.07) is 2.67. The Kier molecular flexibility index (Phi) is 6.09. The molecular formula is C16H27BrN2S. The Morgan fingerprint density at radius 2 is 2.15 bits per heavy atom. The van der Waals surface area contributed by atoms with Crippen LogP contribution in [-0.2, 0) is 0 Å². The van der Waals surface area contributed by atoms with Gasteiger partial charge < -0.3 is 5.73 Å². The van der Waals surface area contributed by atoms with Crippen LogP contribution in [0, 0.1) is 18.8 Å². The second kappa shape index (κ2) is 7.39. The van der Waals surface area contributed by atoms with Gasteiger partial charge in [0.2, 0.25) is 0 Å². The van der Waals surface area contributed by atoms with E-state index in [1.54, 1.807) is 0 Å². The molecule has 114 valence electrons. The van der Waals surface area contributed by atoms with Gasteiger partial charge in [0.15, 0.2) is 0 Å². The molecule has 0 amide bonds. The molecule has 1 fully saturated rings. The number of aryl methyl sites for hydroxylation is 1. The fraction of sp³-hybridized carbons (Fsp3) is 0.750. The van der Waals surface area contributed by atoms with Crippen LogP contribution < -0.4 is 5.73 Å². The van der Waals surface area contributed by atoms with Crippen LogP contribution in [0.1, 0.15) is 48.9 Å². The first-order chi connectivity index (χ1) is 9.52. The maximum absolute atomic E-state index is 6.09. The van der Waals surface area contributed by atoms with Crippen molar-refractivity contribution < 1.29 is 0 Å². The topological polar surface area (TPSA) is 29.3 Å². The lowest BCUT2D eigenvalue weighted by molar-refractivity contribution is 0.206. The molecule has 0 aliphatic carbocycles. The predicted octanol–water partition coefficient (Wildman–Crippen LogP) is 4.58. The van der Waals surface area contributed by atoms with Gasteiger partial charge in [0, 0.05) is 20.8 Å². The lowest BCUT2D eigenvalue weighted by atomic mass is 9.89. The van der Waals surface area contributed by atoms with E-state index >= 15 is 0 Å². The van der Waals surface area contributed by atoms with Crippen molar-refractivity contribution in [2.45, 2.75) is 46.1 Å². The fourth-order valence-corrected chi connectivity index (χ4v) is 4.92. The SMILES string of the molecule is Cc1sc(C(CN)N2CCCC(C(C)C)CC2)cc1Br. The van der Waals surface area contributed by atoms with Crippen LogP contribution in [0.2, 0.25) is 0 Å². The van der Waals surface area contributed by atoms with Crippen molar-refractivity contribution in [2.24, 2.45) is 17.6 Å². The van der Waals surface area contributed by atoms with Crippen molar-refractivity contribution >= 4 is 27.3 Å². The first-order valence-electron chi connectivity index (χ1n) is 7.72. The van der Waals surface area contributed by atoms with E-state index in [0.29, 0.717) is 6.04 Å². The van der Waals surface area contributed by atoms with Crippen LogP contribution in [0.5, 0.6) is 0 Å². The second-order valence-electron chi connectivity index (χ2n) is 6.28. The predicted molar refractivity (Wildman–Crippen MR) is 92.3 cm³/mol. The molecule has 2 N–H and O–H groups in total. The summed E-state index contributed by atoms with van der Waals surface area (Å²) >= 11 is 5.52. The van der Waals surface area contributed by atoms with Crippen molar-refractivity contribution in [1.29, 1.82) is 0 Å². The Hall–Kier alpha value is 0.100. The average molecular weight is 359 g/mol. The Morgan fingerprint density at radius 3 is 2.70 bits per heavy atom. The molecule has 1 aliphatic heterocycles. The van der Waals surface area contributed by atoms with Crippen molar-refractivity contribution in [3.05, 3.63) is 20.3 Å². The molecule has 0 aromatic carbocycles. The molecule has 1 saturated heterocycles. The van der Waals surface area contributed by atoms with E-state index in [-0.39, 0.29) is 0 Å². The van der Waals surface area contributed by atoms with Gasteiger partial charge in [-0.1, -0.05) is 13.8 Å². The zero-order valence-corrected chi connectivity index (χ0v) is 15.3. The zero-order chi connectivity index (χ0) is 14.7. The Balaban J connectivity index is 2.08. The van der Waals surface area contributed by atoms with E-state index < -0.39 is 0 Å². The molecule has 0 radical (unpaired) electrons. The molecule has 20 heavy (non-hydrogen) atoms. The van der Waals surface area contributed by atoms with Gasteiger partial charge in [-0.15, -0.1) is 11.3 Å². The van der Waals surface area contributed by atoms with Crippen molar-refractivity contribution in [3.8, 4) is 0 Å². The number of hydrogen-bond acceptors (Lipinski definition) is 3. The third kappa shape index (κ3) is 3.85. The van der Waals surface area contributed by atoms with Crippen molar-refractivity contribution in [2.75, 3.05) is 19.6 Å². The Bertz CT molecular complexity index is 411. The van der Waals surface area contributed by atoms with E-state index in [0.717, 1.165) is 18.4 Å². The van der Waals surface area contributed by atoms with Crippen molar-refractivity contribution in [3.63, 3.8) is 0 Å². The summed E-state index contributed by atoms with van der Waals surface area (Å²) in [6.45, 7) is 10.0. The first kappa shape index (κ1) is 16.5. The monoisotopic (exact) mass is 358 g/mol. The van der Waals surface area contributed by atoms with Gasteiger partial charge in [-0.3, -0.25) is 4.90 Å². The van der Waals surface area contributed by atoms with Gasteiger partial charge in [-0.2, -0.15) is 0 Å². The summed E-state index contributed by atoms with van der Waals surface area (Å²) in [5.41, 5.74) is 6.09. The molecule has 2 rings (SSSR count). The third-order valence-electron chi connectivity index (χ3n) is 4.62. The number of halogens is 1. The van der Waals surface area contributed by atoms with Crippen LogP contribution in [0.4, 0.5) is 0 Å². The van der Waals surface area contributed by atoms with Crippen molar-refractivity contribution in [1.82, 2.24) is 4.90 Å². The highest BCUT2D eigenvalue weighted by Crippen LogP contribution is 2.35. The molecule has 1 aromatic rings. The third-order valence-corrected chi connectivity index (χ3v) is 6.86. The number of likely N-dealkylation sites (tertiary alicyclic amines) is 1. The number of hydrogen-bond donors (Lipinski definition) is 1. The Labute approximate surface area is 135 Å². The first-order valence-corrected chi connectivity index (χ1v) is 9.33. The quantitative estimate of drug-likeness (QED) is 0.853. The van der Waals surface area contributed by atoms with Gasteiger partial charge in [-0.05, 0) is 73.1 Å². The summed E-state index contributed by atoms with van der Waals surface area (Å²) in [6.07, 6.45) is 4.00.